The molecule has 3 heterocycles. The van der Waals surface area contributed by atoms with Crippen LogP contribution in [0.4, 0.5) is 0 Å². The number of fused-ring (bicyclic) bond motifs is 1. The van der Waals surface area contributed by atoms with Gasteiger partial charge in [0.1, 0.15) is 11.5 Å². The van der Waals surface area contributed by atoms with E-state index in [0.717, 1.165) is 56.7 Å². The molecule has 1 saturated heterocycles. The fourth-order valence-corrected chi connectivity index (χ4v) is 3.87. The van der Waals surface area contributed by atoms with Crippen molar-refractivity contribution in [3.8, 4) is 0 Å². The van der Waals surface area contributed by atoms with Gasteiger partial charge in [0.05, 0.1) is 0 Å². The van der Waals surface area contributed by atoms with Crippen LogP contribution in [0.1, 0.15) is 67.5 Å². The molecular weight excluding hydrogens is 304 g/mol. The van der Waals surface area contributed by atoms with Crippen molar-refractivity contribution in [2.75, 3.05) is 19.6 Å². The molecule has 1 aromatic rings. The van der Waals surface area contributed by atoms with Gasteiger partial charge in [-0.2, -0.15) is 0 Å². The Balaban J connectivity index is 1.55. The molecule has 1 aliphatic carbocycles. The van der Waals surface area contributed by atoms with Crippen LogP contribution in [0.25, 0.3) is 0 Å². The molecule has 1 saturated carbocycles. The third-order valence-electron chi connectivity index (χ3n) is 5.44. The third-order valence-corrected chi connectivity index (χ3v) is 5.44. The summed E-state index contributed by atoms with van der Waals surface area (Å²) >= 11 is 0. The summed E-state index contributed by atoms with van der Waals surface area (Å²) in [5.41, 5.74) is 1.50. The van der Waals surface area contributed by atoms with Crippen molar-refractivity contribution in [2.24, 2.45) is 11.3 Å². The smallest absolute Gasteiger partial charge is 0.271 e. The van der Waals surface area contributed by atoms with Crippen molar-refractivity contribution in [3.05, 3.63) is 17.2 Å². The number of piperidine rings is 1. The lowest BCUT2D eigenvalue weighted by atomic mass is 9.88. The molecule has 2 aliphatic heterocycles. The molecule has 24 heavy (non-hydrogen) atoms. The highest BCUT2D eigenvalue weighted by Crippen LogP contribution is 2.34. The van der Waals surface area contributed by atoms with Gasteiger partial charge in [-0.15, -0.1) is 0 Å². The summed E-state index contributed by atoms with van der Waals surface area (Å²) in [7, 11) is 0. The van der Waals surface area contributed by atoms with Gasteiger partial charge in [0, 0.05) is 37.2 Å². The number of carbonyl (C=O) groups is 2. The summed E-state index contributed by atoms with van der Waals surface area (Å²) < 4.78 is 0. The van der Waals surface area contributed by atoms with Crippen molar-refractivity contribution >= 4 is 11.8 Å². The first-order valence-corrected chi connectivity index (χ1v) is 9.09. The topological polar surface area (TPSA) is 78.1 Å². The molecule has 2 fully saturated rings. The van der Waals surface area contributed by atoms with Crippen LogP contribution < -0.4 is 5.32 Å². The van der Waals surface area contributed by atoms with Gasteiger partial charge in [0.2, 0.25) is 5.91 Å². The third kappa shape index (κ3) is 2.94. The molecule has 0 aromatic carbocycles. The number of nitrogens with one attached hydrogen (secondary N) is 2. The van der Waals surface area contributed by atoms with Gasteiger partial charge < -0.3 is 15.2 Å². The Hall–Kier alpha value is -1.85. The summed E-state index contributed by atoms with van der Waals surface area (Å²) in [6, 6.07) is 0. The summed E-state index contributed by atoms with van der Waals surface area (Å²) in [6.45, 7) is 6.56. The van der Waals surface area contributed by atoms with Crippen molar-refractivity contribution in [1.82, 2.24) is 20.2 Å². The van der Waals surface area contributed by atoms with E-state index >= 15 is 0 Å². The zero-order valence-corrected chi connectivity index (χ0v) is 14.5. The lowest BCUT2D eigenvalue weighted by Gasteiger charge is -2.32. The van der Waals surface area contributed by atoms with Gasteiger partial charge in [-0.05, 0) is 37.5 Å². The van der Waals surface area contributed by atoms with Gasteiger partial charge in [0.15, 0.2) is 0 Å². The molecule has 6 nitrogen and oxygen atoms in total. The molecular formula is C18H26N4O2. The minimum Gasteiger partial charge on any atom is -0.350 e. The van der Waals surface area contributed by atoms with Gasteiger partial charge in [-0.3, -0.25) is 9.59 Å². The van der Waals surface area contributed by atoms with E-state index in [2.05, 4.69) is 29.1 Å². The normalized spacial score (nSPS) is 26.5. The average Bonchev–Trinajstić information content (AvgIpc) is 3.34. The SMILES string of the molecule is CC1(C)CNC(=O)c2nc([C@@H]3CCCN(C(=O)C4CC4)C3)[nH]c2C1. The predicted molar refractivity (Wildman–Crippen MR) is 89.7 cm³/mol. The van der Waals surface area contributed by atoms with Crippen LogP contribution in [0.3, 0.4) is 0 Å². The Morgan fingerprint density at radius 1 is 1.29 bits per heavy atom. The van der Waals surface area contributed by atoms with E-state index < -0.39 is 0 Å². The largest absolute Gasteiger partial charge is 0.350 e. The summed E-state index contributed by atoms with van der Waals surface area (Å²) in [4.78, 5) is 34.7. The highest BCUT2D eigenvalue weighted by atomic mass is 16.2. The second kappa shape index (κ2) is 5.60. The Morgan fingerprint density at radius 3 is 2.83 bits per heavy atom. The minimum atomic E-state index is -0.0835. The van der Waals surface area contributed by atoms with Gasteiger partial charge in [-0.1, -0.05) is 13.8 Å². The van der Waals surface area contributed by atoms with E-state index in [9.17, 15) is 9.59 Å². The fourth-order valence-electron chi connectivity index (χ4n) is 3.87. The molecule has 3 aliphatic rings. The second-order valence-electron chi connectivity index (χ2n) is 8.37. The summed E-state index contributed by atoms with van der Waals surface area (Å²) in [5.74, 6) is 1.58. The van der Waals surface area contributed by atoms with E-state index in [1.807, 2.05) is 4.90 Å². The number of H-pyrrole nitrogens is 1. The molecule has 4 rings (SSSR count). The number of imidazole rings is 1. The Labute approximate surface area is 142 Å². The lowest BCUT2D eigenvalue weighted by molar-refractivity contribution is -0.133. The highest BCUT2D eigenvalue weighted by molar-refractivity contribution is 5.94. The number of hydrogen-bond donors (Lipinski definition) is 2. The molecule has 6 heteroatoms. The Morgan fingerprint density at radius 2 is 2.08 bits per heavy atom. The maximum absolute atomic E-state index is 12.3. The Bertz CT molecular complexity index is 675. The number of rotatable bonds is 2. The van der Waals surface area contributed by atoms with Gasteiger partial charge in [-0.25, -0.2) is 4.98 Å². The summed E-state index contributed by atoms with van der Waals surface area (Å²) in [6.07, 6.45) is 4.93. The quantitative estimate of drug-likeness (QED) is 0.868. The van der Waals surface area contributed by atoms with Crippen LogP contribution in [0.15, 0.2) is 0 Å². The number of hydrogen-bond acceptors (Lipinski definition) is 3. The zero-order chi connectivity index (χ0) is 16.9. The molecule has 130 valence electrons. The number of amides is 2. The average molecular weight is 330 g/mol. The Kier molecular flexibility index (Phi) is 3.66. The van der Waals surface area contributed by atoms with Crippen LogP contribution in [0.2, 0.25) is 0 Å². The van der Waals surface area contributed by atoms with E-state index in [-0.39, 0.29) is 23.2 Å². The number of carbonyl (C=O) groups excluding carboxylic acids is 2. The first-order chi connectivity index (χ1) is 11.4. The number of aromatic amines is 1. The second-order valence-corrected chi connectivity index (χ2v) is 8.37. The number of likely N-dealkylation sites (tertiary alicyclic amines) is 1. The molecule has 0 spiro atoms. The van der Waals surface area contributed by atoms with Crippen molar-refractivity contribution in [2.45, 2.75) is 51.9 Å². The minimum absolute atomic E-state index is 0.0191. The van der Waals surface area contributed by atoms with Crippen molar-refractivity contribution in [1.29, 1.82) is 0 Å². The van der Waals surface area contributed by atoms with Crippen LogP contribution in [0.5, 0.6) is 0 Å². The van der Waals surface area contributed by atoms with Crippen LogP contribution in [0, 0.1) is 11.3 Å². The molecule has 0 unspecified atom stereocenters. The molecule has 1 aromatic heterocycles. The molecule has 1 atom stereocenters. The molecule has 0 bridgehead atoms. The van der Waals surface area contributed by atoms with Crippen LogP contribution in [-0.4, -0.2) is 46.3 Å². The first kappa shape index (κ1) is 15.7. The summed E-state index contributed by atoms with van der Waals surface area (Å²) in [5, 5.41) is 2.97. The van der Waals surface area contributed by atoms with E-state index in [1.54, 1.807) is 0 Å². The zero-order valence-electron chi connectivity index (χ0n) is 14.5. The molecule has 0 radical (unpaired) electrons. The van der Waals surface area contributed by atoms with Gasteiger partial charge >= 0.3 is 0 Å². The van der Waals surface area contributed by atoms with E-state index in [1.165, 1.54) is 0 Å². The lowest BCUT2D eigenvalue weighted by Crippen LogP contribution is -2.40. The van der Waals surface area contributed by atoms with Crippen molar-refractivity contribution in [3.63, 3.8) is 0 Å². The predicted octanol–water partition coefficient (Wildman–Crippen LogP) is 1.84. The number of nitrogens with zero attached hydrogens (tertiary/aromatic N) is 2. The van der Waals surface area contributed by atoms with E-state index in [0.29, 0.717) is 18.1 Å². The van der Waals surface area contributed by atoms with E-state index in [4.69, 9.17) is 0 Å². The monoisotopic (exact) mass is 330 g/mol. The standard InChI is InChI=1S/C18H26N4O2/c1-18(2)8-13-14(16(23)19-10-18)21-15(20-13)12-4-3-7-22(9-12)17(24)11-5-6-11/h11-12H,3-10H2,1-2H3,(H,19,23)(H,20,21)/t12-/m1/s1. The molecule has 2 amide bonds. The highest BCUT2D eigenvalue weighted by Gasteiger charge is 2.37. The molecule has 2 N–H and O–H groups in total. The maximum Gasteiger partial charge on any atom is 0.271 e. The van der Waals surface area contributed by atoms with Gasteiger partial charge in [0.25, 0.3) is 5.91 Å². The van der Waals surface area contributed by atoms with Crippen LogP contribution >= 0.6 is 0 Å². The fraction of sp³-hybridized carbons (Fsp3) is 0.722. The maximum atomic E-state index is 12.3. The van der Waals surface area contributed by atoms with Crippen LogP contribution in [-0.2, 0) is 11.2 Å². The number of aromatic nitrogens is 2. The first-order valence-electron chi connectivity index (χ1n) is 9.09. The van der Waals surface area contributed by atoms with Crippen molar-refractivity contribution < 1.29 is 9.59 Å².